The zero-order valence-corrected chi connectivity index (χ0v) is 12.4. The van der Waals surface area contributed by atoms with Crippen molar-refractivity contribution in [2.45, 2.75) is 6.54 Å². The van der Waals surface area contributed by atoms with E-state index in [9.17, 15) is 9.59 Å². The number of carbonyl (C=O) groups excluding carboxylic acids is 1. The number of nitrogens with zero attached hydrogens (tertiary/aromatic N) is 2. The van der Waals surface area contributed by atoms with Crippen LogP contribution < -0.4 is 20.3 Å². The van der Waals surface area contributed by atoms with Crippen molar-refractivity contribution >= 4 is 5.91 Å². The maximum Gasteiger partial charge on any atom is 0.253 e. The molecule has 0 saturated carbocycles. The van der Waals surface area contributed by atoms with E-state index in [1.165, 1.54) is 37.4 Å². The van der Waals surface area contributed by atoms with Gasteiger partial charge in [-0.15, -0.1) is 0 Å². The predicted octanol–water partition coefficient (Wildman–Crippen LogP) is 0.691. The number of methoxy groups -OCH3 is 2. The highest BCUT2D eigenvalue weighted by atomic mass is 16.5. The van der Waals surface area contributed by atoms with E-state index in [0.717, 1.165) is 0 Å². The van der Waals surface area contributed by atoms with Crippen molar-refractivity contribution in [3.63, 3.8) is 0 Å². The summed E-state index contributed by atoms with van der Waals surface area (Å²) in [6.07, 6.45) is 2.87. The average Bonchev–Trinajstić information content (AvgIpc) is 2.55. The van der Waals surface area contributed by atoms with Crippen LogP contribution in [0.3, 0.4) is 0 Å². The predicted molar refractivity (Wildman–Crippen MR) is 80.4 cm³/mol. The maximum absolute atomic E-state index is 12.1. The number of nitrogens with one attached hydrogen (secondary N) is 1. The molecule has 0 radical (unpaired) electrons. The molecule has 1 heterocycles. The fourth-order valence-corrected chi connectivity index (χ4v) is 1.92. The van der Waals surface area contributed by atoms with E-state index >= 15 is 0 Å². The number of hydrogen-bond donors (Lipinski definition) is 1. The van der Waals surface area contributed by atoms with Gasteiger partial charge in [0.2, 0.25) is 0 Å². The molecule has 7 nitrogen and oxygen atoms in total. The molecule has 7 heteroatoms. The van der Waals surface area contributed by atoms with Crippen molar-refractivity contribution in [3.8, 4) is 11.5 Å². The average molecular weight is 303 g/mol. The molecule has 22 heavy (non-hydrogen) atoms. The SMILES string of the molecule is COc1ccc(C(=O)NCCn2cnccc2=O)cc1OC. The van der Waals surface area contributed by atoms with Crippen molar-refractivity contribution in [2.24, 2.45) is 0 Å². The highest BCUT2D eigenvalue weighted by Gasteiger charge is 2.10. The Balaban J connectivity index is 1.98. The number of hydrogen-bond acceptors (Lipinski definition) is 5. The molecular formula is C15H17N3O4. The zero-order chi connectivity index (χ0) is 15.9. The van der Waals surface area contributed by atoms with Crippen LogP contribution >= 0.6 is 0 Å². The summed E-state index contributed by atoms with van der Waals surface area (Å²) in [5.74, 6) is 0.789. The number of benzene rings is 1. The van der Waals surface area contributed by atoms with Crippen LogP contribution in [0.25, 0.3) is 0 Å². The summed E-state index contributed by atoms with van der Waals surface area (Å²) in [7, 11) is 3.04. The van der Waals surface area contributed by atoms with Gasteiger partial charge in [-0.2, -0.15) is 0 Å². The molecule has 2 aromatic rings. The Labute approximate surface area is 127 Å². The maximum atomic E-state index is 12.1. The monoisotopic (exact) mass is 303 g/mol. The molecule has 0 fully saturated rings. The molecule has 2 rings (SSSR count). The normalized spacial score (nSPS) is 10.1. The van der Waals surface area contributed by atoms with Crippen LogP contribution in [0.1, 0.15) is 10.4 Å². The molecule has 0 aliphatic heterocycles. The molecule has 0 unspecified atom stereocenters. The first kappa shape index (κ1) is 15.6. The second kappa shape index (κ2) is 7.26. The third-order valence-electron chi connectivity index (χ3n) is 3.08. The van der Waals surface area contributed by atoms with Crippen molar-refractivity contribution in [1.29, 1.82) is 0 Å². The number of rotatable bonds is 6. The van der Waals surface area contributed by atoms with Crippen molar-refractivity contribution in [1.82, 2.24) is 14.9 Å². The molecule has 116 valence electrons. The summed E-state index contributed by atoms with van der Waals surface area (Å²) in [6.45, 7) is 0.671. The first-order chi connectivity index (χ1) is 10.7. The van der Waals surface area contributed by atoms with Crippen molar-refractivity contribution in [3.05, 3.63) is 52.7 Å². The fourth-order valence-electron chi connectivity index (χ4n) is 1.92. The van der Waals surface area contributed by atoms with Gasteiger partial charge in [-0.3, -0.25) is 14.2 Å². The van der Waals surface area contributed by atoms with Gasteiger partial charge in [-0.25, -0.2) is 4.98 Å². The third-order valence-corrected chi connectivity index (χ3v) is 3.08. The van der Waals surface area contributed by atoms with Gasteiger partial charge in [0.15, 0.2) is 11.5 Å². The van der Waals surface area contributed by atoms with Crippen LogP contribution in [-0.2, 0) is 6.54 Å². The Morgan fingerprint density at radius 1 is 1.23 bits per heavy atom. The van der Waals surface area contributed by atoms with Gasteiger partial charge >= 0.3 is 0 Å². The minimum atomic E-state index is -0.252. The summed E-state index contributed by atoms with van der Waals surface area (Å²) < 4.78 is 11.7. The van der Waals surface area contributed by atoms with Crippen LogP contribution in [0.2, 0.25) is 0 Å². The van der Waals surface area contributed by atoms with Gasteiger partial charge in [-0.05, 0) is 18.2 Å². The fraction of sp³-hybridized carbons (Fsp3) is 0.267. The lowest BCUT2D eigenvalue weighted by atomic mass is 10.2. The summed E-state index contributed by atoms with van der Waals surface area (Å²) in [4.78, 5) is 27.4. The molecule has 1 aromatic heterocycles. The standard InChI is InChI=1S/C15H17N3O4/c1-21-12-4-3-11(9-13(12)22-2)15(20)17-7-8-18-10-16-6-5-14(18)19/h3-6,9-10H,7-8H2,1-2H3,(H,17,20). The molecule has 0 aliphatic rings. The number of carbonyl (C=O) groups is 1. The van der Waals surface area contributed by atoms with Crippen molar-refractivity contribution in [2.75, 3.05) is 20.8 Å². The molecule has 1 N–H and O–H groups in total. The zero-order valence-electron chi connectivity index (χ0n) is 12.4. The Morgan fingerprint density at radius 3 is 2.68 bits per heavy atom. The minimum Gasteiger partial charge on any atom is -0.493 e. The topological polar surface area (TPSA) is 82.5 Å². The van der Waals surface area contributed by atoms with Crippen LogP contribution in [-0.4, -0.2) is 36.2 Å². The lowest BCUT2D eigenvalue weighted by molar-refractivity contribution is 0.0951. The molecule has 0 bridgehead atoms. The smallest absolute Gasteiger partial charge is 0.253 e. The first-order valence-electron chi connectivity index (χ1n) is 6.66. The van der Waals surface area contributed by atoms with E-state index in [1.807, 2.05) is 0 Å². The lowest BCUT2D eigenvalue weighted by Crippen LogP contribution is -2.30. The molecule has 0 spiro atoms. The van der Waals surface area contributed by atoms with E-state index in [0.29, 0.717) is 30.2 Å². The Hall–Kier alpha value is -2.83. The van der Waals surface area contributed by atoms with E-state index in [-0.39, 0.29) is 11.5 Å². The Morgan fingerprint density at radius 2 is 2.00 bits per heavy atom. The van der Waals surface area contributed by atoms with Gasteiger partial charge in [0.25, 0.3) is 11.5 Å². The highest BCUT2D eigenvalue weighted by molar-refractivity contribution is 5.94. The molecule has 1 amide bonds. The van der Waals surface area contributed by atoms with Crippen LogP contribution in [0.4, 0.5) is 0 Å². The number of ether oxygens (including phenoxy) is 2. The third kappa shape index (κ3) is 3.63. The van der Waals surface area contributed by atoms with Gasteiger partial charge in [0, 0.05) is 30.9 Å². The van der Waals surface area contributed by atoms with E-state index < -0.39 is 0 Å². The summed E-state index contributed by atoms with van der Waals surface area (Å²) in [6, 6.07) is 6.28. The van der Waals surface area contributed by atoms with Gasteiger partial charge < -0.3 is 14.8 Å². The summed E-state index contributed by atoms with van der Waals surface area (Å²) in [5.41, 5.74) is 0.298. The number of aromatic nitrogens is 2. The lowest BCUT2D eigenvalue weighted by Gasteiger charge is -2.10. The highest BCUT2D eigenvalue weighted by Crippen LogP contribution is 2.27. The summed E-state index contributed by atoms with van der Waals surface area (Å²) >= 11 is 0. The van der Waals surface area contributed by atoms with Crippen molar-refractivity contribution < 1.29 is 14.3 Å². The minimum absolute atomic E-state index is 0.157. The molecule has 1 aromatic carbocycles. The Kier molecular flexibility index (Phi) is 5.13. The quantitative estimate of drug-likeness (QED) is 0.849. The molecule has 0 atom stereocenters. The van der Waals surface area contributed by atoms with Crippen LogP contribution in [0, 0.1) is 0 Å². The van der Waals surface area contributed by atoms with E-state index in [4.69, 9.17) is 9.47 Å². The Bertz CT molecular complexity index is 712. The largest absolute Gasteiger partial charge is 0.493 e. The first-order valence-corrected chi connectivity index (χ1v) is 6.66. The van der Waals surface area contributed by atoms with Crippen LogP contribution in [0.15, 0.2) is 41.6 Å². The van der Waals surface area contributed by atoms with Crippen LogP contribution in [0.5, 0.6) is 11.5 Å². The van der Waals surface area contributed by atoms with E-state index in [2.05, 4.69) is 10.3 Å². The molecule has 0 saturated heterocycles. The summed E-state index contributed by atoms with van der Waals surface area (Å²) in [5, 5.41) is 2.74. The van der Waals surface area contributed by atoms with Gasteiger partial charge in [0.05, 0.1) is 20.5 Å². The van der Waals surface area contributed by atoms with Gasteiger partial charge in [0.1, 0.15) is 0 Å². The second-order valence-electron chi connectivity index (χ2n) is 4.44. The molecule has 0 aliphatic carbocycles. The second-order valence-corrected chi connectivity index (χ2v) is 4.44. The number of amides is 1. The molecular weight excluding hydrogens is 286 g/mol. The van der Waals surface area contributed by atoms with E-state index in [1.54, 1.807) is 18.2 Å². The van der Waals surface area contributed by atoms with Gasteiger partial charge in [-0.1, -0.05) is 0 Å².